The fourth-order valence-corrected chi connectivity index (χ4v) is 1.98. The Morgan fingerprint density at radius 2 is 2.19 bits per heavy atom. The van der Waals surface area contributed by atoms with E-state index in [4.69, 9.17) is 10.2 Å². The van der Waals surface area contributed by atoms with Gasteiger partial charge in [-0.1, -0.05) is 12.1 Å². The van der Waals surface area contributed by atoms with Crippen molar-refractivity contribution in [3.8, 4) is 0 Å². The first kappa shape index (κ1) is 11.1. The van der Waals surface area contributed by atoms with Gasteiger partial charge in [0.1, 0.15) is 0 Å². The number of nitrogens with zero attached hydrogens (tertiary/aromatic N) is 1. The Morgan fingerprint density at radius 1 is 1.38 bits per heavy atom. The zero-order chi connectivity index (χ0) is 11.5. The van der Waals surface area contributed by atoms with Crippen molar-refractivity contribution >= 4 is 11.6 Å². The molecule has 0 aliphatic carbocycles. The zero-order valence-corrected chi connectivity index (χ0v) is 8.97. The van der Waals surface area contributed by atoms with Gasteiger partial charge in [0.25, 0.3) is 0 Å². The first-order valence-electron chi connectivity index (χ1n) is 5.35. The number of aliphatic hydroxyl groups excluding tert-OH is 2. The minimum absolute atomic E-state index is 0.0285. The van der Waals surface area contributed by atoms with Crippen LogP contribution in [0, 0.1) is 5.92 Å². The highest BCUT2D eigenvalue weighted by atomic mass is 16.3. The summed E-state index contributed by atoms with van der Waals surface area (Å²) < 4.78 is 0. The second-order valence-electron chi connectivity index (χ2n) is 4.09. The SMILES string of the molecule is O=C1CC(CO)CN1c1cccc(CO)c1. The average molecular weight is 221 g/mol. The van der Waals surface area contributed by atoms with Gasteiger partial charge < -0.3 is 15.1 Å². The van der Waals surface area contributed by atoms with E-state index in [1.165, 1.54) is 0 Å². The quantitative estimate of drug-likeness (QED) is 0.782. The molecule has 1 aromatic carbocycles. The van der Waals surface area contributed by atoms with Crippen LogP contribution in [-0.2, 0) is 11.4 Å². The monoisotopic (exact) mass is 221 g/mol. The Balaban J connectivity index is 2.20. The lowest BCUT2D eigenvalue weighted by atomic mass is 10.1. The summed E-state index contributed by atoms with van der Waals surface area (Å²) in [6.45, 7) is 0.575. The number of carbonyl (C=O) groups is 1. The lowest BCUT2D eigenvalue weighted by molar-refractivity contribution is -0.117. The van der Waals surface area contributed by atoms with Gasteiger partial charge in [-0.05, 0) is 17.7 Å². The third-order valence-corrected chi connectivity index (χ3v) is 2.87. The van der Waals surface area contributed by atoms with Crippen molar-refractivity contribution < 1.29 is 15.0 Å². The van der Waals surface area contributed by atoms with Gasteiger partial charge in [0, 0.05) is 31.2 Å². The van der Waals surface area contributed by atoms with Crippen LogP contribution < -0.4 is 4.90 Å². The highest BCUT2D eigenvalue weighted by molar-refractivity contribution is 5.95. The van der Waals surface area contributed by atoms with Gasteiger partial charge in [-0.25, -0.2) is 0 Å². The molecule has 1 unspecified atom stereocenters. The topological polar surface area (TPSA) is 60.8 Å². The van der Waals surface area contributed by atoms with Gasteiger partial charge in [0.05, 0.1) is 6.61 Å². The van der Waals surface area contributed by atoms with E-state index >= 15 is 0 Å². The summed E-state index contributed by atoms with van der Waals surface area (Å²) in [5.74, 6) is 0.0689. The van der Waals surface area contributed by atoms with E-state index in [0.29, 0.717) is 13.0 Å². The second-order valence-corrected chi connectivity index (χ2v) is 4.09. The maximum atomic E-state index is 11.7. The summed E-state index contributed by atoms with van der Waals surface area (Å²) in [7, 11) is 0. The molecule has 1 amide bonds. The maximum absolute atomic E-state index is 11.7. The van der Waals surface area contributed by atoms with Crippen molar-refractivity contribution in [3.63, 3.8) is 0 Å². The van der Waals surface area contributed by atoms with Crippen molar-refractivity contribution in [2.45, 2.75) is 13.0 Å². The van der Waals surface area contributed by atoms with Crippen molar-refractivity contribution in [2.24, 2.45) is 5.92 Å². The predicted octanol–water partition coefficient (Wildman–Crippen LogP) is 0.524. The first-order chi connectivity index (χ1) is 7.74. The van der Waals surface area contributed by atoms with Crippen molar-refractivity contribution in [1.82, 2.24) is 0 Å². The number of benzene rings is 1. The van der Waals surface area contributed by atoms with E-state index in [0.717, 1.165) is 11.3 Å². The summed E-state index contributed by atoms with van der Waals surface area (Å²) in [6, 6.07) is 7.28. The molecular weight excluding hydrogens is 206 g/mol. The van der Waals surface area contributed by atoms with E-state index in [2.05, 4.69) is 0 Å². The van der Waals surface area contributed by atoms with E-state index in [-0.39, 0.29) is 25.0 Å². The molecule has 0 spiro atoms. The van der Waals surface area contributed by atoms with Crippen molar-refractivity contribution in [3.05, 3.63) is 29.8 Å². The standard InChI is InChI=1S/C12H15NO3/c14-7-9-2-1-3-11(4-9)13-6-10(8-15)5-12(13)16/h1-4,10,14-15H,5-8H2. The van der Waals surface area contributed by atoms with Crippen LogP contribution in [0.25, 0.3) is 0 Å². The molecule has 1 atom stereocenters. The number of anilines is 1. The van der Waals surface area contributed by atoms with Crippen LogP contribution in [0.3, 0.4) is 0 Å². The van der Waals surface area contributed by atoms with Gasteiger partial charge in [0.15, 0.2) is 0 Å². The fraction of sp³-hybridized carbons (Fsp3) is 0.417. The van der Waals surface area contributed by atoms with Crippen LogP contribution in [0.5, 0.6) is 0 Å². The van der Waals surface area contributed by atoms with Gasteiger partial charge in [0.2, 0.25) is 5.91 Å². The molecule has 2 rings (SSSR count). The molecule has 1 heterocycles. The molecule has 1 aliphatic rings. The molecule has 2 N–H and O–H groups in total. The third-order valence-electron chi connectivity index (χ3n) is 2.87. The van der Waals surface area contributed by atoms with Crippen LogP contribution in [0.1, 0.15) is 12.0 Å². The van der Waals surface area contributed by atoms with E-state index in [1.807, 2.05) is 18.2 Å². The molecule has 4 heteroatoms. The molecule has 0 aromatic heterocycles. The van der Waals surface area contributed by atoms with Gasteiger partial charge in [-0.3, -0.25) is 4.79 Å². The lowest BCUT2D eigenvalue weighted by Gasteiger charge is -2.17. The molecule has 4 nitrogen and oxygen atoms in total. The van der Waals surface area contributed by atoms with E-state index in [9.17, 15) is 4.79 Å². The Morgan fingerprint density at radius 3 is 2.81 bits per heavy atom. The Labute approximate surface area is 94.1 Å². The Kier molecular flexibility index (Phi) is 3.22. The molecule has 86 valence electrons. The van der Waals surface area contributed by atoms with Crippen LogP contribution >= 0.6 is 0 Å². The van der Waals surface area contributed by atoms with Crippen LogP contribution in [-0.4, -0.2) is 29.3 Å². The second kappa shape index (κ2) is 4.63. The van der Waals surface area contributed by atoms with Gasteiger partial charge >= 0.3 is 0 Å². The Bertz CT molecular complexity index is 392. The largest absolute Gasteiger partial charge is 0.396 e. The number of carbonyl (C=O) groups excluding carboxylic acids is 1. The van der Waals surface area contributed by atoms with Gasteiger partial charge in [-0.2, -0.15) is 0 Å². The molecule has 1 aromatic rings. The number of hydrogen-bond donors (Lipinski definition) is 2. The van der Waals surface area contributed by atoms with Crippen molar-refractivity contribution in [1.29, 1.82) is 0 Å². The number of hydrogen-bond acceptors (Lipinski definition) is 3. The molecule has 1 aliphatic heterocycles. The molecule has 16 heavy (non-hydrogen) atoms. The smallest absolute Gasteiger partial charge is 0.227 e. The Hall–Kier alpha value is -1.39. The highest BCUT2D eigenvalue weighted by Crippen LogP contribution is 2.25. The van der Waals surface area contributed by atoms with E-state index < -0.39 is 0 Å². The van der Waals surface area contributed by atoms with E-state index in [1.54, 1.807) is 11.0 Å². The molecule has 0 radical (unpaired) electrons. The summed E-state index contributed by atoms with van der Waals surface area (Å²) >= 11 is 0. The van der Waals surface area contributed by atoms with Crippen LogP contribution in [0.15, 0.2) is 24.3 Å². The fourth-order valence-electron chi connectivity index (χ4n) is 1.98. The van der Waals surface area contributed by atoms with Crippen LogP contribution in [0.2, 0.25) is 0 Å². The molecular formula is C12H15NO3. The molecule has 0 saturated carbocycles. The summed E-state index contributed by atoms with van der Waals surface area (Å²) in [5.41, 5.74) is 1.59. The lowest BCUT2D eigenvalue weighted by Crippen LogP contribution is -2.24. The van der Waals surface area contributed by atoms with Crippen LogP contribution in [0.4, 0.5) is 5.69 Å². The zero-order valence-electron chi connectivity index (χ0n) is 8.97. The molecule has 0 bridgehead atoms. The summed E-state index contributed by atoms with van der Waals surface area (Å²) in [5, 5.41) is 18.1. The third kappa shape index (κ3) is 2.08. The molecule has 1 saturated heterocycles. The predicted molar refractivity (Wildman–Crippen MR) is 59.9 cm³/mol. The minimum atomic E-state index is -0.0285. The summed E-state index contributed by atoms with van der Waals surface area (Å²) in [6.07, 6.45) is 0.403. The number of aliphatic hydroxyl groups is 2. The normalized spacial score (nSPS) is 20.5. The van der Waals surface area contributed by atoms with Crippen molar-refractivity contribution in [2.75, 3.05) is 18.1 Å². The minimum Gasteiger partial charge on any atom is -0.396 e. The average Bonchev–Trinajstić information content (AvgIpc) is 2.71. The maximum Gasteiger partial charge on any atom is 0.227 e. The number of amides is 1. The highest BCUT2D eigenvalue weighted by Gasteiger charge is 2.29. The van der Waals surface area contributed by atoms with Gasteiger partial charge in [-0.15, -0.1) is 0 Å². The first-order valence-corrected chi connectivity index (χ1v) is 5.35. The molecule has 1 fully saturated rings. The summed E-state index contributed by atoms with van der Waals surface area (Å²) in [4.78, 5) is 13.4. The number of rotatable bonds is 3.